The molecule has 43 heavy (non-hydrogen) atoms. The summed E-state index contributed by atoms with van der Waals surface area (Å²) in [6, 6.07) is 17.0. The quantitative estimate of drug-likeness (QED) is 0.194. The van der Waals surface area contributed by atoms with Crippen LogP contribution in [0.25, 0.3) is 0 Å². The van der Waals surface area contributed by atoms with Crippen LogP contribution >= 0.6 is 0 Å². The largest absolute Gasteiger partial charge is 0.489 e. The molecule has 0 atom stereocenters. The minimum Gasteiger partial charge on any atom is -0.489 e. The van der Waals surface area contributed by atoms with Gasteiger partial charge in [0.15, 0.2) is 0 Å². The molecular weight excluding hydrogens is 572 g/mol. The Bertz CT molecular complexity index is 1340. The Balaban J connectivity index is 1.30. The molecule has 1 fully saturated rings. The van der Waals surface area contributed by atoms with E-state index in [4.69, 9.17) is 4.74 Å². The van der Waals surface area contributed by atoms with Crippen molar-refractivity contribution >= 4 is 11.6 Å². The van der Waals surface area contributed by atoms with Gasteiger partial charge in [-0.25, -0.2) is 0 Å². The number of hydrogen-bond donors (Lipinski definition) is 1. The van der Waals surface area contributed by atoms with Gasteiger partial charge in [0.05, 0.1) is 11.1 Å². The lowest BCUT2D eigenvalue weighted by Gasteiger charge is -2.36. The molecule has 0 aromatic heterocycles. The number of nitrogens with zero attached hydrogens (tertiary/aromatic N) is 2. The third-order valence-electron chi connectivity index (χ3n) is 7.38. The van der Waals surface area contributed by atoms with Crippen LogP contribution < -0.4 is 15.0 Å². The summed E-state index contributed by atoms with van der Waals surface area (Å²) in [7, 11) is 0. The van der Waals surface area contributed by atoms with E-state index in [-0.39, 0.29) is 17.5 Å². The molecule has 0 aliphatic carbocycles. The summed E-state index contributed by atoms with van der Waals surface area (Å²) in [6.07, 6.45) is -7.44. The van der Waals surface area contributed by atoms with Crippen molar-refractivity contribution < 1.29 is 35.9 Å². The van der Waals surface area contributed by atoms with Crippen LogP contribution in [0.3, 0.4) is 0 Å². The average Bonchev–Trinajstić information content (AvgIpc) is 2.97. The second-order valence-electron chi connectivity index (χ2n) is 10.6. The molecule has 3 aromatic rings. The highest BCUT2D eigenvalue weighted by atomic mass is 19.4. The highest BCUT2D eigenvalue weighted by Crippen LogP contribution is 2.36. The van der Waals surface area contributed by atoms with Gasteiger partial charge in [0.2, 0.25) is 5.91 Å². The number of ether oxygens (including phenoxy) is 1. The molecule has 11 heteroatoms. The van der Waals surface area contributed by atoms with E-state index in [1.54, 1.807) is 12.1 Å². The summed E-state index contributed by atoms with van der Waals surface area (Å²) in [6.45, 7) is 5.87. The van der Waals surface area contributed by atoms with Crippen molar-refractivity contribution in [2.75, 3.05) is 44.2 Å². The number of nitrogens with one attached hydrogen (secondary N) is 1. The van der Waals surface area contributed by atoms with Crippen molar-refractivity contribution in [1.29, 1.82) is 0 Å². The zero-order valence-electron chi connectivity index (χ0n) is 23.9. The maximum absolute atomic E-state index is 13.2. The van der Waals surface area contributed by atoms with Gasteiger partial charge in [-0.2, -0.15) is 26.3 Å². The predicted molar refractivity (Wildman–Crippen MR) is 153 cm³/mol. The first-order chi connectivity index (χ1) is 20.4. The highest BCUT2D eigenvalue weighted by Gasteiger charge is 2.37. The maximum Gasteiger partial charge on any atom is 0.416 e. The van der Waals surface area contributed by atoms with Gasteiger partial charge in [-0.05, 0) is 72.4 Å². The van der Waals surface area contributed by atoms with E-state index in [2.05, 4.69) is 39.4 Å². The average molecular weight is 608 g/mol. The first kappa shape index (κ1) is 32.2. The monoisotopic (exact) mass is 607 g/mol. The molecular formula is C32H35F6N3O2. The summed E-state index contributed by atoms with van der Waals surface area (Å²) < 4.78 is 85.1. The van der Waals surface area contributed by atoms with E-state index < -0.39 is 30.1 Å². The first-order valence-electron chi connectivity index (χ1n) is 14.2. The molecule has 0 radical (unpaired) electrons. The number of carbonyl (C=O) groups excluding carboxylic acids is 1. The Kier molecular flexibility index (Phi) is 10.6. The third-order valence-corrected chi connectivity index (χ3v) is 7.38. The number of piperazine rings is 1. The van der Waals surface area contributed by atoms with Crippen LogP contribution in [0.4, 0.5) is 32.0 Å². The Morgan fingerprint density at radius 2 is 1.49 bits per heavy atom. The molecule has 4 rings (SSSR count). The van der Waals surface area contributed by atoms with Gasteiger partial charge in [0.1, 0.15) is 12.4 Å². The molecule has 1 heterocycles. The Morgan fingerprint density at radius 1 is 0.814 bits per heavy atom. The van der Waals surface area contributed by atoms with Crippen molar-refractivity contribution in [3.63, 3.8) is 0 Å². The SMILES string of the molecule is CC(=O)NCCCc1cccc(N2CCN(CCc3ccccc3OCc3cc(C(F)(F)F)cc(C(F)(F)F)c3)CC2)c1. The van der Waals surface area contributed by atoms with Crippen LogP contribution in [0.2, 0.25) is 0 Å². The van der Waals surface area contributed by atoms with Gasteiger partial charge < -0.3 is 15.0 Å². The van der Waals surface area contributed by atoms with Crippen LogP contribution in [0.1, 0.15) is 41.2 Å². The van der Waals surface area contributed by atoms with Crippen LogP contribution in [0.15, 0.2) is 66.7 Å². The number of alkyl halides is 6. The normalized spacial score (nSPS) is 14.5. The zero-order chi connectivity index (χ0) is 31.0. The van der Waals surface area contributed by atoms with Crippen molar-refractivity contribution in [3.8, 4) is 5.75 Å². The zero-order valence-corrected chi connectivity index (χ0v) is 23.9. The topological polar surface area (TPSA) is 44.8 Å². The van der Waals surface area contributed by atoms with E-state index in [9.17, 15) is 31.1 Å². The molecule has 0 spiro atoms. The molecule has 1 saturated heterocycles. The molecule has 5 nitrogen and oxygen atoms in total. The maximum atomic E-state index is 13.2. The lowest BCUT2D eigenvalue weighted by atomic mass is 10.0. The second kappa shape index (κ2) is 14.2. The van der Waals surface area contributed by atoms with E-state index >= 15 is 0 Å². The lowest BCUT2D eigenvalue weighted by Crippen LogP contribution is -2.47. The Labute approximate surface area is 247 Å². The molecule has 1 aliphatic heterocycles. The molecule has 1 amide bonds. The van der Waals surface area contributed by atoms with E-state index in [1.807, 2.05) is 12.1 Å². The van der Waals surface area contributed by atoms with E-state index in [1.165, 1.54) is 18.2 Å². The van der Waals surface area contributed by atoms with Crippen LogP contribution in [0, 0.1) is 0 Å². The number of amides is 1. The van der Waals surface area contributed by atoms with Gasteiger partial charge in [0, 0.05) is 51.9 Å². The number of para-hydroxylation sites is 1. The van der Waals surface area contributed by atoms with Gasteiger partial charge in [0.25, 0.3) is 0 Å². The smallest absolute Gasteiger partial charge is 0.416 e. The van der Waals surface area contributed by atoms with Gasteiger partial charge in [-0.15, -0.1) is 0 Å². The number of aryl methyl sites for hydroxylation is 1. The third kappa shape index (κ3) is 9.64. The minimum atomic E-state index is -4.91. The van der Waals surface area contributed by atoms with Gasteiger partial charge in [-0.1, -0.05) is 30.3 Å². The molecule has 3 aromatic carbocycles. The summed E-state index contributed by atoms with van der Waals surface area (Å²) in [5.41, 5.74) is 0.300. The van der Waals surface area contributed by atoms with E-state index in [0.717, 1.165) is 51.1 Å². The number of halogens is 6. The standard InChI is InChI=1S/C32H35F6N3O2/c1-23(42)39-12-5-7-24-6-4-9-29(20-24)41-16-14-40(15-17-41)13-11-26-8-2-3-10-30(26)43-22-25-18-27(31(33,34)35)21-28(19-25)32(36,37)38/h2-4,6,8-10,18-21H,5,7,11-17,22H2,1H3,(H,39,42). The number of hydrogen-bond acceptors (Lipinski definition) is 4. The van der Waals surface area contributed by atoms with Gasteiger partial charge in [-0.3, -0.25) is 9.69 Å². The number of rotatable bonds is 11. The molecule has 1 aliphatic rings. The van der Waals surface area contributed by atoms with Crippen LogP contribution in [-0.2, 0) is 36.6 Å². The van der Waals surface area contributed by atoms with Crippen molar-refractivity contribution in [2.45, 2.75) is 45.1 Å². The summed E-state index contributed by atoms with van der Waals surface area (Å²) >= 11 is 0. The molecule has 0 saturated carbocycles. The fourth-order valence-corrected chi connectivity index (χ4v) is 5.09. The molecule has 232 valence electrons. The number of benzene rings is 3. The first-order valence-corrected chi connectivity index (χ1v) is 14.2. The number of anilines is 1. The van der Waals surface area contributed by atoms with Crippen molar-refractivity contribution in [1.82, 2.24) is 10.2 Å². The predicted octanol–water partition coefficient (Wildman–Crippen LogP) is 6.74. The molecule has 0 unspecified atom stereocenters. The second-order valence-corrected chi connectivity index (χ2v) is 10.6. The Morgan fingerprint density at radius 3 is 2.14 bits per heavy atom. The van der Waals surface area contributed by atoms with Gasteiger partial charge >= 0.3 is 12.4 Å². The molecule has 1 N–H and O–H groups in total. The Hall–Kier alpha value is -3.73. The molecule has 0 bridgehead atoms. The van der Waals surface area contributed by atoms with Crippen LogP contribution in [0.5, 0.6) is 5.75 Å². The lowest BCUT2D eigenvalue weighted by molar-refractivity contribution is -0.143. The highest BCUT2D eigenvalue weighted by molar-refractivity contribution is 5.72. The fraction of sp³-hybridized carbons (Fsp3) is 0.406. The summed E-state index contributed by atoms with van der Waals surface area (Å²) in [5.74, 6) is 0.406. The summed E-state index contributed by atoms with van der Waals surface area (Å²) in [4.78, 5) is 15.7. The minimum absolute atomic E-state index is 0.0271. The van der Waals surface area contributed by atoms with Crippen molar-refractivity contribution in [3.05, 3.63) is 94.5 Å². The van der Waals surface area contributed by atoms with E-state index in [0.29, 0.717) is 30.8 Å². The summed E-state index contributed by atoms with van der Waals surface area (Å²) in [5, 5.41) is 2.82. The fourth-order valence-electron chi connectivity index (χ4n) is 5.09. The van der Waals surface area contributed by atoms with Crippen LogP contribution in [-0.4, -0.2) is 50.1 Å². The number of carbonyl (C=O) groups is 1. The van der Waals surface area contributed by atoms with Crippen molar-refractivity contribution in [2.24, 2.45) is 0 Å².